The van der Waals surface area contributed by atoms with Crippen molar-refractivity contribution < 1.29 is 28.5 Å². The van der Waals surface area contributed by atoms with E-state index in [9.17, 15) is 9.59 Å². The topological polar surface area (TPSA) is 108 Å². The van der Waals surface area contributed by atoms with Gasteiger partial charge in [0.05, 0.1) is 41.4 Å². The van der Waals surface area contributed by atoms with Crippen LogP contribution in [-0.2, 0) is 0 Å². The Morgan fingerprint density at radius 1 is 0.397 bits per heavy atom. The van der Waals surface area contributed by atoms with Crippen LogP contribution in [0, 0.1) is 0 Å². The molecule has 362 valence electrons. The Hall–Kier alpha value is -6.09. The van der Waals surface area contributed by atoms with Crippen molar-refractivity contribution in [3.63, 3.8) is 0 Å². The van der Waals surface area contributed by atoms with Gasteiger partial charge in [-0.25, -0.2) is 9.59 Å². The molecule has 9 heteroatoms. The average molecular weight is 922 g/mol. The molecule has 0 atom stereocenters. The zero-order valence-electron chi connectivity index (χ0n) is 40.9. The van der Waals surface area contributed by atoms with Crippen LogP contribution in [0.1, 0.15) is 181 Å². The highest BCUT2D eigenvalue weighted by Gasteiger charge is 2.13. The van der Waals surface area contributed by atoms with Crippen LogP contribution < -0.4 is 18.9 Å². The van der Waals surface area contributed by atoms with Gasteiger partial charge in [-0.1, -0.05) is 148 Å². The molecule has 9 nitrogen and oxygen atoms in total. The highest BCUT2D eigenvalue weighted by molar-refractivity contribution is 5.93. The summed E-state index contributed by atoms with van der Waals surface area (Å²) >= 11 is 0. The van der Waals surface area contributed by atoms with Crippen molar-refractivity contribution in [3.05, 3.63) is 138 Å². The summed E-state index contributed by atoms with van der Waals surface area (Å²) in [5.74, 6) is 1.12. The van der Waals surface area contributed by atoms with Gasteiger partial charge in [-0.3, -0.25) is 4.99 Å². The second-order valence-electron chi connectivity index (χ2n) is 17.6. The molecule has 5 aromatic carbocycles. The van der Waals surface area contributed by atoms with Crippen molar-refractivity contribution in [1.29, 1.82) is 0 Å². The molecular weight excluding hydrogens is 847 g/mol. The van der Waals surface area contributed by atoms with E-state index in [1.165, 1.54) is 134 Å². The zero-order chi connectivity index (χ0) is 47.7. The monoisotopic (exact) mass is 922 g/mol. The maximum Gasteiger partial charge on any atom is 0.343 e. The number of hydrogen-bond donors (Lipinski definition) is 0. The van der Waals surface area contributed by atoms with Gasteiger partial charge in [-0.15, -0.1) is 0 Å². The van der Waals surface area contributed by atoms with E-state index in [1.807, 2.05) is 60.7 Å². The first-order valence-corrected chi connectivity index (χ1v) is 25.6. The lowest BCUT2D eigenvalue weighted by Crippen LogP contribution is -2.11. The molecule has 0 spiro atoms. The molecule has 0 radical (unpaired) electrons. The molecule has 0 aromatic heterocycles. The second kappa shape index (κ2) is 32.6. The summed E-state index contributed by atoms with van der Waals surface area (Å²) < 4.78 is 23.1. The molecule has 0 aliphatic heterocycles. The molecule has 5 rings (SSSR count). The zero-order valence-corrected chi connectivity index (χ0v) is 40.9. The molecule has 0 N–H and O–H groups in total. The number of unbranched alkanes of at least 4 members (excludes halogenated alkanes) is 20. The summed E-state index contributed by atoms with van der Waals surface area (Å²) in [5, 5.41) is 8.64. The number of aliphatic imine (C=N–C) groups is 1. The number of esters is 2. The van der Waals surface area contributed by atoms with E-state index in [4.69, 9.17) is 18.9 Å². The minimum absolute atomic E-state index is 0.217. The van der Waals surface area contributed by atoms with Gasteiger partial charge in [0.1, 0.15) is 23.0 Å². The molecule has 68 heavy (non-hydrogen) atoms. The fraction of sp³-hybridized carbons (Fsp3) is 0.441. The van der Waals surface area contributed by atoms with Gasteiger partial charge in [0.15, 0.2) is 0 Å². The first-order valence-electron chi connectivity index (χ1n) is 25.6. The molecule has 5 aromatic rings. The molecule has 0 unspecified atom stereocenters. The number of nitrogens with zero attached hydrogens (tertiary/aromatic N) is 3. The van der Waals surface area contributed by atoms with Gasteiger partial charge in [0.2, 0.25) is 0 Å². The minimum atomic E-state index is -0.577. The summed E-state index contributed by atoms with van der Waals surface area (Å²) in [7, 11) is 0. The van der Waals surface area contributed by atoms with Crippen molar-refractivity contribution >= 4 is 35.2 Å². The van der Waals surface area contributed by atoms with Crippen molar-refractivity contribution in [2.75, 3.05) is 13.2 Å². The van der Waals surface area contributed by atoms with Gasteiger partial charge in [-0.05, 0) is 134 Å². The smallest absolute Gasteiger partial charge is 0.343 e. The lowest BCUT2D eigenvalue weighted by Gasteiger charge is -2.08. The Morgan fingerprint density at radius 2 is 0.794 bits per heavy atom. The maximum absolute atomic E-state index is 13.0. The molecule has 0 heterocycles. The maximum atomic E-state index is 13.0. The van der Waals surface area contributed by atoms with Crippen LogP contribution in [-0.4, -0.2) is 31.4 Å². The quantitative estimate of drug-likeness (QED) is 0.0134. The number of carbonyl (C=O) groups is 2. The van der Waals surface area contributed by atoms with Gasteiger partial charge in [0.25, 0.3) is 0 Å². The van der Waals surface area contributed by atoms with Crippen LogP contribution in [0.4, 0.5) is 17.1 Å². The van der Waals surface area contributed by atoms with Gasteiger partial charge >= 0.3 is 11.9 Å². The van der Waals surface area contributed by atoms with E-state index >= 15 is 0 Å². The highest BCUT2D eigenvalue weighted by Crippen LogP contribution is 2.25. The SMILES string of the molecule is CCCCCCCCCCCCCCOc1ccc(N=Cc2ccc(OC(=O)c3cccc(OC(=O)c4ccc(N=Nc5ccc(OCCCCCCCCCCCC)cc5)cc4)c3)cc2)cc1. The number of carbonyl (C=O) groups excluding carboxylic acids is 2. The Kier molecular flexibility index (Phi) is 25.3. The Balaban J connectivity index is 0.956. The predicted octanol–water partition coefficient (Wildman–Crippen LogP) is 17.7. The van der Waals surface area contributed by atoms with E-state index in [0.29, 0.717) is 29.3 Å². The molecular formula is C59H75N3O6. The molecule has 0 bridgehead atoms. The first kappa shape index (κ1) is 52.9. The number of ether oxygens (including phenoxy) is 4. The van der Waals surface area contributed by atoms with E-state index in [1.54, 1.807) is 60.8 Å². The molecule has 0 fully saturated rings. The summed E-state index contributed by atoms with van der Waals surface area (Å²) in [5.41, 5.74) is 3.52. The van der Waals surface area contributed by atoms with Crippen molar-refractivity contribution in [2.45, 2.75) is 155 Å². The Labute approximate surface area is 406 Å². The standard InChI is InChI=1S/C59H75N3O6/c1-3-5-7-9-11-13-15-16-18-20-22-23-44-65-54-40-34-51(35-41-54)60-47-48-28-38-56(39-29-48)67-59(64)50-26-25-27-57(46-50)68-58(63)49-30-32-52(33-31-49)61-62-53-36-42-55(43-37-53)66-45-24-21-19-17-14-12-10-8-6-4-2/h25-43,46-47H,3-24,44-45H2,1-2H3. The van der Waals surface area contributed by atoms with Crippen molar-refractivity contribution in [1.82, 2.24) is 0 Å². The van der Waals surface area contributed by atoms with Crippen LogP contribution in [0.2, 0.25) is 0 Å². The second-order valence-corrected chi connectivity index (χ2v) is 17.6. The third kappa shape index (κ3) is 21.7. The largest absolute Gasteiger partial charge is 0.494 e. The van der Waals surface area contributed by atoms with E-state index in [2.05, 4.69) is 29.1 Å². The summed E-state index contributed by atoms with van der Waals surface area (Å²) in [6.45, 7) is 5.97. The van der Waals surface area contributed by atoms with E-state index in [0.717, 1.165) is 42.2 Å². The third-order valence-electron chi connectivity index (χ3n) is 11.8. The number of benzene rings is 5. The summed E-state index contributed by atoms with van der Waals surface area (Å²) in [4.78, 5) is 30.6. The summed E-state index contributed by atoms with van der Waals surface area (Å²) in [6, 6.07) is 35.4. The fourth-order valence-electron chi connectivity index (χ4n) is 7.72. The lowest BCUT2D eigenvalue weighted by atomic mass is 10.1. The first-order chi connectivity index (χ1) is 33.5. The molecule has 0 saturated carbocycles. The van der Waals surface area contributed by atoms with Crippen molar-refractivity contribution in [2.24, 2.45) is 15.2 Å². The predicted molar refractivity (Wildman–Crippen MR) is 277 cm³/mol. The van der Waals surface area contributed by atoms with Gasteiger partial charge < -0.3 is 18.9 Å². The molecule has 0 aliphatic rings. The van der Waals surface area contributed by atoms with Crippen LogP contribution >= 0.6 is 0 Å². The number of rotatable bonds is 34. The number of hydrogen-bond acceptors (Lipinski definition) is 9. The van der Waals surface area contributed by atoms with Crippen LogP contribution in [0.3, 0.4) is 0 Å². The van der Waals surface area contributed by atoms with Gasteiger partial charge in [0, 0.05) is 6.21 Å². The Bertz CT molecular complexity index is 2200. The fourth-order valence-corrected chi connectivity index (χ4v) is 7.72. The minimum Gasteiger partial charge on any atom is -0.494 e. The van der Waals surface area contributed by atoms with Crippen LogP contribution in [0.25, 0.3) is 0 Å². The van der Waals surface area contributed by atoms with E-state index < -0.39 is 11.9 Å². The third-order valence-corrected chi connectivity index (χ3v) is 11.8. The lowest BCUT2D eigenvalue weighted by molar-refractivity contribution is 0.0714. The Morgan fingerprint density at radius 3 is 1.28 bits per heavy atom. The van der Waals surface area contributed by atoms with Gasteiger partial charge in [-0.2, -0.15) is 10.2 Å². The van der Waals surface area contributed by atoms with E-state index in [-0.39, 0.29) is 11.3 Å². The van der Waals surface area contributed by atoms with Crippen molar-refractivity contribution in [3.8, 4) is 23.0 Å². The molecule has 0 amide bonds. The van der Waals surface area contributed by atoms with Crippen LogP contribution in [0.5, 0.6) is 23.0 Å². The average Bonchev–Trinajstić information content (AvgIpc) is 3.37. The number of azo groups is 1. The molecule has 0 aliphatic carbocycles. The summed E-state index contributed by atoms with van der Waals surface area (Å²) in [6.07, 6.45) is 30.6. The highest BCUT2D eigenvalue weighted by atomic mass is 16.5. The van der Waals surface area contributed by atoms with Crippen LogP contribution in [0.15, 0.2) is 137 Å². The normalized spacial score (nSPS) is 11.3. The molecule has 0 saturated heterocycles.